The molecule has 0 aromatic heterocycles. The number of rotatable bonds is 8. The summed E-state index contributed by atoms with van der Waals surface area (Å²) in [5, 5.41) is 3.53. The van der Waals surface area contributed by atoms with E-state index in [0.29, 0.717) is 30.2 Å². The molecule has 1 fully saturated rings. The summed E-state index contributed by atoms with van der Waals surface area (Å²) in [7, 11) is -3.02. The molecule has 0 bridgehead atoms. The van der Waals surface area contributed by atoms with E-state index in [1.165, 1.54) is 12.7 Å². The number of hydrogen-bond donors (Lipinski definition) is 1. The first-order valence-electron chi connectivity index (χ1n) is 8.36. The summed E-state index contributed by atoms with van der Waals surface area (Å²) in [4.78, 5) is 0. The predicted octanol–water partition coefficient (Wildman–Crippen LogP) is 2.57. The molecule has 0 spiro atoms. The third kappa shape index (κ3) is 7.11. The van der Waals surface area contributed by atoms with E-state index in [-0.39, 0.29) is 0 Å². The lowest BCUT2D eigenvalue weighted by Crippen LogP contribution is -2.40. The van der Waals surface area contributed by atoms with Gasteiger partial charge in [-0.25, -0.2) is 12.7 Å². The minimum Gasteiger partial charge on any atom is -0.316 e. The first kappa shape index (κ1) is 18.9. The highest BCUT2D eigenvalue weighted by Crippen LogP contribution is 2.27. The lowest BCUT2D eigenvalue weighted by atomic mass is 9.83. The summed E-state index contributed by atoms with van der Waals surface area (Å²) in [5.74, 6) is 2.48. The van der Waals surface area contributed by atoms with Gasteiger partial charge in [-0.2, -0.15) is 0 Å². The second kappa shape index (κ2) is 8.49. The van der Waals surface area contributed by atoms with Crippen LogP contribution >= 0.6 is 0 Å². The summed E-state index contributed by atoms with van der Waals surface area (Å²) < 4.78 is 25.0. The zero-order valence-electron chi connectivity index (χ0n) is 14.4. The molecule has 0 aromatic rings. The number of piperidine rings is 1. The molecular weight excluding hydrogens is 284 g/mol. The van der Waals surface area contributed by atoms with Crippen LogP contribution in [-0.4, -0.2) is 45.2 Å². The van der Waals surface area contributed by atoms with Gasteiger partial charge in [0.2, 0.25) is 10.0 Å². The highest BCUT2D eigenvalue weighted by Gasteiger charge is 2.27. The SMILES string of the molecule is CC(C)CNCC(C)C(C)CC1CCCN(S(C)(=O)=O)C1. The lowest BCUT2D eigenvalue weighted by molar-refractivity contribution is 0.210. The third-order valence-electron chi connectivity index (χ3n) is 4.65. The van der Waals surface area contributed by atoms with Crippen LogP contribution in [0.3, 0.4) is 0 Å². The number of sulfonamides is 1. The van der Waals surface area contributed by atoms with Crippen molar-refractivity contribution in [2.24, 2.45) is 23.7 Å². The summed E-state index contributed by atoms with van der Waals surface area (Å²) in [6, 6.07) is 0. The van der Waals surface area contributed by atoms with Crippen LogP contribution in [0.2, 0.25) is 0 Å². The highest BCUT2D eigenvalue weighted by atomic mass is 32.2. The summed E-state index contributed by atoms with van der Waals surface area (Å²) in [6.45, 7) is 12.6. The van der Waals surface area contributed by atoms with Gasteiger partial charge in [0.05, 0.1) is 6.26 Å². The van der Waals surface area contributed by atoms with E-state index in [2.05, 4.69) is 33.0 Å². The molecule has 1 N–H and O–H groups in total. The molecule has 0 amide bonds. The van der Waals surface area contributed by atoms with Gasteiger partial charge in [-0.3, -0.25) is 0 Å². The van der Waals surface area contributed by atoms with Crippen molar-refractivity contribution in [3.05, 3.63) is 0 Å². The molecule has 3 atom stereocenters. The van der Waals surface area contributed by atoms with Gasteiger partial charge in [-0.05, 0) is 56.0 Å². The quantitative estimate of drug-likeness (QED) is 0.748. The number of nitrogens with zero attached hydrogens (tertiary/aromatic N) is 1. The molecule has 21 heavy (non-hydrogen) atoms. The summed E-state index contributed by atoms with van der Waals surface area (Å²) in [5.41, 5.74) is 0. The molecular formula is C16H34N2O2S. The van der Waals surface area contributed by atoms with Crippen molar-refractivity contribution in [2.45, 2.75) is 47.0 Å². The molecule has 0 radical (unpaired) electrons. The van der Waals surface area contributed by atoms with Crippen molar-refractivity contribution in [1.29, 1.82) is 0 Å². The van der Waals surface area contributed by atoms with Crippen LogP contribution in [0.15, 0.2) is 0 Å². The smallest absolute Gasteiger partial charge is 0.211 e. The van der Waals surface area contributed by atoms with Gasteiger partial charge in [0, 0.05) is 13.1 Å². The largest absolute Gasteiger partial charge is 0.316 e. The molecule has 4 nitrogen and oxygen atoms in total. The summed E-state index contributed by atoms with van der Waals surface area (Å²) in [6.07, 6.45) is 4.64. The second-order valence-corrected chi connectivity index (χ2v) is 9.35. The van der Waals surface area contributed by atoms with Gasteiger partial charge in [0.15, 0.2) is 0 Å². The first-order valence-corrected chi connectivity index (χ1v) is 10.2. The van der Waals surface area contributed by atoms with Crippen molar-refractivity contribution in [3.63, 3.8) is 0 Å². The van der Waals surface area contributed by atoms with E-state index in [1.54, 1.807) is 4.31 Å². The van der Waals surface area contributed by atoms with Crippen LogP contribution < -0.4 is 5.32 Å². The minimum atomic E-state index is -3.02. The van der Waals surface area contributed by atoms with Crippen LogP contribution in [0.25, 0.3) is 0 Å². The molecule has 0 aromatic carbocycles. The molecule has 0 saturated carbocycles. The van der Waals surface area contributed by atoms with Crippen molar-refractivity contribution >= 4 is 10.0 Å². The van der Waals surface area contributed by atoms with Gasteiger partial charge in [0.1, 0.15) is 0 Å². The van der Waals surface area contributed by atoms with E-state index in [0.717, 1.165) is 32.5 Å². The van der Waals surface area contributed by atoms with E-state index in [9.17, 15) is 8.42 Å². The van der Waals surface area contributed by atoms with Crippen LogP contribution in [0.4, 0.5) is 0 Å². The Balaban J connectivity index is 2.37. The van der Waals surface area contributed by atoms with Crippen LogP contribution in [0.5, 0.6) is 0 Å². The Kier molecular flexibility index (Phi) is 7.65. The Bertz CT molecular complexity index is 395. The Morgan fingerprint density at radius 1 is 1.14 bits per heavy atom. The first-order chi connectivity index (χ1) is 9.70. The fourth-order valence-electron chi connectivity index (χ4n) is 3.08. The van der Waals surface area contributed by atoms with E-state index in [4.69, 9.17) is 0 Å². The van der Waals surface area contributed by atoms with Crippen molar-refractivity contribution < 1.29 is 8.42 Å². The van der Waals surface area contributed by atoms with Gasteiger partial charge < -0.3 is 5.32 Å². The van der Waals surface area contributed by atoms with Gasteiger partial charge in [-0.1, -0.05) is 27.7 Å². The zero-order valence-corrected chi connectivity index (χ0v) is 15.2. The molecule has 0 aliphatic carbocycles. The summed E-state index contributed by atoms with van der Waals surface area (Å²) >= 11 is 0. The Morgan fingerprint density at radius 3 is 2.38 bits per heavy atom. The standard InChI is InChI=1S/C16H34N2O2S/c1-13(2)10-17-11-15(4)14(3)9-16-7-6-8-18(12-16)21(5,19)20/h13-17H,6-12H2,1-5H3. The number of hydrogen-bond acceptors (Lipinski definition) is 3. The molecule has 3 unspecified atom stereocenters. The monoisotopic (exact) mass is 318 g/mol. The minimum absolute atomic E-state index is 0.524. The van der Waals surface area contributed by atoms with Gasteiger partial charge in [-0.15, -0.1) is 0 Å². The van der Waals surface area contributed by atoms with Crippen molar-refractivity contribution in [2.75, 3.05) is 32.4 Å². The number of nitrogens with one attached hydrogen (secondary N) is 1. The maximum atomic E-state index is 11.7. The second-order valence-electron chi connectivity index (χ2n) is 7.37. The highest BCUT2D eigenvalue weighted by molar-refractivity contribution is 7.88. The maximum Gasteiger partial charge on any atom is 0.211 e. The molecule has 5 heteroatoms. The Hall–Kier alpha value is -0.130. The normalized spacial score (nSPS) is 24.2. The average Bonchev–Trinajstić information content (AvgIpc) is 2.37. The Morgan fingerprint density at radius 2 is 1.81 bits per heavy atom. The molecule has 1 saturated heterocycles. The topological polar surface area (TPSA) is 49.4 Å². The van der Waals surface area contributed by atoms with Crippen molar-refractivity contribution in [1.82, 2.24) is 9.62 Å². The van der Waals surface area contributed by atoms with Gasteiger partial charge in [0.25, 0.3) is 0 Å². The molecule has 126 valence electrons. The maximum absolute atomic E-state index is 11.7. The molecule has 1 aliphatic heterocycles. The van der Waals surface area contributed by atoms with E-state index in [1.807, 2.05) is 0 Å². The Labute approximate surface area is 131 Å². The lowest BCUT2D eigenvalue weighted by Gasteiger charge is -2.33. The average molecular weight is 319 g/mol. The third-order valence-corrected chi connectivity index (χ3v) is 5.92. The van der Waals surface area contributed by atoms with Gasteiger partial charge >= 0.3 is 0 Å². The zero-order chi connectivity index (χ0) is 16.0. The van der Waals surface area contributed by atoms with E-state index < -0.39 is 10.0 Å². The van der Waals surface area contributed by atoms with Crippen molar-refractivity contribution in [3.8, 4) is 0 Å². The molecule has 1 rings (SSSR count). The predicted molar refractivity (Wildman–Crippen MR) is 89.8 cm³/mol. The van der Waals surface area contributed by atoms with Crippen LogP contribution in [-0.2, 0) is 10.0 Å². The van der Waals surface area contributed by atoms with E-state index >= 15 is 0 Å². The molecule has 1 heterocycles. The van der Waals surface area contributed by atoms with Crippen LogP contribution in [0.1, 0.15) is 47.0 Å². The molecule has 1 aliphatic rings. The fraction of sp³-hybridized carbons (Fsp3) is 1.00. The fourth-order valence-corrected chi connectivity index (χ4v) is 4.02. The van der Waals surface area contributed by atoms with Crippen LogP contribution in [0, 0.1) is 23.7 Å².